The Morgan fingerprint density at radius 1 is 1.11 bits per heavy atom. The maximum Gasteiger partial charge on any atom is 0.163 e. The van der Waals surface area contributed by atoms with Crippen LogP contribution in [0.15, 0.2) is 36.4 Å². The van der Waals surface area contributed by atoms with Crippen LogP contribution < -0.4 is 10.5 Å². The average molecular weight is 274 g/mol. The molecule has 96 valence electrons. The Kier molecular flexibility index (Phi) is 2.91. The van der Waals surface area contributed by atoms with Gasteiger partial charge in [-0.2, -0.15) is 0 Å². The summed E-state index contributed by atoms with van der Waals surface area (Å²) < 4.78 is 5.82. The topological polar surface area (TPSA) is 52.3 Å². The van der Waals surface area contributed by atoms with Gasteiger partial charge in [-0.15, -0.1) is 0 Å². The first-order valence-electron chi connectivity index (χ1n) is 6.03. The van der Waals surface area contributed by atoms with Gasteiger partial charge in [-0.1, -0.05) is 23.7 Å². The molecule has 0 saturated heterocycles. The number of ketones is 1. The number of carbonyl (C=O) groups is 1. The van der Waals surface area contributed by atoms with Crippen molar-refractivity contribution in [1.29, 1.82) is 0 Å². The summed E-state index contributed by atoms with van der Waals surface area (Å²) in [6.45, 7) is 0. The van der Waals surface area contributed by atoms with Gasteiger partial charge in [-0.3, -0.25) is 4.79 Å². The fourth-order valence-electron chi connectivity index (χ4n) is 2.27. The molecule has 1 aliphatic rings. The molecule has 0 aliphatic heterocycles. The third-order valence-electron chi connectivity index (χ3n) is 3.21. The maximum atomic E-state index is 11.7. The number of carbonyl (C=O) groups excluding carboxylic acids is 1. The fraction of sp³-hybridized carbons (Fsp3) is 0.133. The van der Waals surface area contributed by atoms with Crippen molar-refractivity contribution in [2.75, 3.05) is 5.73 Å². The highest BCUT2D eigenvalue weighted by Crippen LogP contribution is 2.36. The Morgan fingerprint density at radius 2 is 1.95 bits per heavy atom. The Hall–Kier alpha value is -2.00. The summed E-state index contributed by atoms with van der Waals surface area (Å²) in [6.07, 6.45) is 1.27. The summed E-state index contributed by atoms with van der Waals surface area (Å²) in [4.78, 5) is 11.7. The molecule has 2 N–H and O–H groups in total. The monoisotopic (exact) mass is 273 g/mol. The van der Waals surface area contributed by atoms with Gasteiger partial charge < -0.3 is 10.5 Å². The molecular weight excluding hydrogens is 262 g/mol. The molecular formula is C15H12ClNO2. The highest BCUT2D eigenvalue weighted by molar-refractivity contribution is 6.32. The number of benzene rings is 2. The Bertz CT molecular complexity index is 667. The van der Waals surface area contributed by atoms with Gasteiger partial charge in [0, 0.05) is 23.2 Å². The standard InChI is InChI=1S/C15H12ClNO2/c16-12-8-9(17)4-7-15(12)19-14-3-1-2-10-11(14)5-6-13(10)18/h1-4,7-8H,5-6,17H2. The highest BCUT2D eigenvalue weighted by atomic mass is 35.5. The lowest BCUT2D eigenvalue weighted by Gasteiger charge is -2.11. The zero-order valence-corrected chi connectivity index (χ0v) is 10.9. The van der Waals surface area contributed by atoms with Crippen molar-refractivity contribution in [2.24, 2.45) is 0 Å². The molecule has 4 heteroatoms. The van der Waals surface area contributed by atoms with E-state index in [1.54, 1.807) is 18.2 Å². The van der Waals surface area contributed by atoms with Gasteiger partial charge in [-0.25, -0.2) is 0 Å². The molecule has 3 nitrogen and oxygen atoms in total. The minimum absolute atomic E-state index is 0.170. The molecule has 19 heavy (non-hydrogen) atoms. The van der Waals surface area contributed by atoms with Gasteiger partial charge in [0.05, 0.1) is 5.02 Å². The molecule has 0 saturated carbocycles. The van der Waals surface area contributed by atoms with E-state index in [0.29, 0.717) is 28.6 Å². The summed E-state index contributed by atoms with van der Waals surface area (Å²) >= 11 is 6.09. The first-order chi connectivity index (χ1) is 9.15. The van der Waals surface area contributed by atoms with E-state index in [4.69, 9.17) is 22.1 Å². The van der Waals surface area contributed by atoms with E-state index in [-0.39, 0.29) is 5.78 Å². The van der Waals surface area contributed by atoms with Crippen LogP contribution in [0.1, 0.15) is 22.3 Å². The summed E-state index contributed by atoms with van der Waals surface area (Å²) in [6, 6.07) is 10.6. The van der Waals surface area contributed by atoms with Gasteiger partial charge in [0.2, 0.25) is 0 Å². The Balaban J connectivity index is 1.98. The number of nitrogen functional groups attached to an aromatic ring is 1. The number of ether oxygens (including phenoxy) is 1. The summed E-state index contributed by atoms with van der Waals surface area (Å²) in [5.74, 6) is 1.41. The first kappa shape index (κ1) is 12.1. The van der Waals surface area contributed by atoms with Crippen molar-refractivity contribution in [2.45, 2.75) is 12.8 Å². The smallest absolute Gasteiger partial charge is 0.163 e. The molecule has 0 bridgehead atoms. The second kappa shape index (κ2) is 4.59. The minimum atomic E-state index is 0.170. The zero-order valence-electron chi connectivity index (χ0n) is 10.2. The number of Topliss-reactive ketones (excluding diaryl/α,β-unsaturated/α-hetero) is 1. The molecule has 0 fully saturated rings. The van der Waals surface area contributed by atoms with Crippen LogP contribution in [-0.4, -0.2) is 5.78 Å². The number of hydrogen-bond donors (Lipinski definition) is 1. The van der Waals surface area contributed by atoms with Crippen molar-refractivity contribution in [3.05, 3.63) is 52.5 Å². The summed E-state index contributed by atoms with van der Waals surface area (Å²) in [5.41, 5.74) is 7.95. The zero-order chi connectivity index (χ0) is 13.4. The molecule has 2 aromatic rings. The number of nitrogens with two attached hydrogens (primary N) is 1. The van der Waals surface area contributed by atoms with E-state index in [0.717, 1.165) is 17.5 Å². The van der Waals surface area contributed by atoms with Crippen LogP contribution >= 0.6 is 11.6 Å². The minimum Gasteiger partial charge on any atom is -0.455 e. The van der Waals surface area contributed by atoms with Crippen molar-refractivity contribution in [1.82, 2.24) is 0 Å². The Labute approximate surface area is 115 Å². The predicted octanol–water partition coefficient (Wildman–Crippen LogP) is 3.84. The number of fused-ring (bicyclic) bond motifs is 1. The molecule has 1 aliphatic carbocycles. The highest BCUT2D eigenvalue weighted by Gasteiger charge is 2.23. The third-order valence-corrected chi connectivity index (χ3v) is 3.51. The molecule has 0 unspecified atom stereocenters. The molecule has 2 aromatic carbocycles. The SMILES string of the molecule is Nc1ccc(Oc2cccc3c2CCC3=O)c(Cl)c1. The van der Waals surface area contributed by atoms with Crippen LogP contribution in [0.25, 0.3) is 0 Å². The van der Waals surface area contributed by atoms with E-state index in [1.165, 1.54) is 0 Å². The van der Waals surface area contributed by atoms with Crippen LogP contribution in [0.4, 0.5) is 5.69 Å². The van der Waals surface area contributed by atoms with Crippen LogP contribution in [0.2, 0.25) is 5.02 Å². The maximum absolute atomic E-state index is 11.7. The largest absolute Gasteiger partial charge is 0.455 e. The fourth-order valence-corrected chi connectivity index (χ4v) is 2.50. The van der Waals surface area contributed by atoms with Crippen LogP contribution in [0, 0.1) is 0 Å². The molecule has 3 rings (SSSR count). The van der Waals surface area contributed by atoms with E-state index in [1.807, 2.05) is 18.2 Å². The molecule has 0 aromatic heterocycles. The second-order valence-electron chi connectivity index (χ2n) is 4.50. The molecule has 0 amide bonds. The third kappa shape index (κ3) is 2.17. The van der Waals surface area contributed by atoms with Crippen molar-refractivity contribution in [3.8, 4) is 11.5 Å². The number of rotatable bonds is 2. The molecule has 0 spiro atoms. The lowest BCUT2D eigenvalue weighted by atomic mass is 10.1. The van der Waals surface area contributed by atoms with Gasteiger partial charge in [0.1, 0.15) is 11.5 Å². The quantitative estimate of drug-likeness (QED) is 0.846. The number of anilines is 1. The van der Waals surface area contributed by atoms with Crippen LogP contribution in [0.3, 0.4) is 0 Å². The van der Waals surface area contributed by atoms with Crippen molar-refractivity contribution >= 4 is 23.1 Å². The van der Waals surface area contributed by atoms with Crippen molar-refractivity contribution in [3.63, 3.8) is 0 Å². The lowest BCUT2D eigenvalue weighted by Crippen LogP contribution is -1.94. The summed E-state index contributed by atoms with van der Waals surface area (Å²) in [5, 5.41) is 0.460. The van der Waals surface area contributed by atoms with Crippen LogP contribution in [-0.2, 0) is 6.42 Å². The lowest BCUT2D eigenvalue weighted by molar-refractivity contribution is 0.0994. The summed E-state index contributed by atoms with van der Waals surface area (Å²) in [7, 11) is 0. The number of halogens is 1. The Morgan fingerprint density at radius 3 is 2.74 bits per heavy atom. The molecule has 0 atom stereocenters. The van der Waals surface area contributed by atoms with Crippen LogP contribution in [0.5, 0.6) is 11.5 Å². The predicted molar refractivity (Wildman–Crippen MR) is 75.0 cm³/mol. The van der Waals surface area contributed by atoms with Gasteiger partial charge in [0.15, 0.2) is 5.78 Å². The molecule has 0 radical (unpaired) electrons. The second-order valence-corrected chi connectivity index (χ2v) is 4.90. The number of hydrogen-bond acceptors (Lipinski definition) is 3. The van der Waals surface area contributed by atoms with Gasteiger partial charge >= 0.3 is 0 Å². The average Bonchev–Trinajstić information content (AvgIpc) is 2.76. The van der Waals surface area contributed by atoms with Gasteiger partial charge in [-0.05, 0) is 30.7 Å². The van der Waals surface area contributed by atoms with E-state index >= 15 is 0 Å². The normalized spacial score (nSPS) is 13.4. The van der Waals surface area contributed by atoms with Gasteiger partial charge in [0.25, 0.3) is 0 Å². The van der Waals surface area contributed by atoms with E-state index in [9.17, 15) is 4.79 Å². The molecule has 0 heterocycles. The van der Waals surface area contributed by atoms with E-state index < -0.39 is 0 Å². The first-order valence-corrected chi connectivity index (χ1v) is 6.41. The van der Waals surface area contributed by atoms with Crippen molar-refractivity contribution < 1.29 is 9.53 Å². The van der Waals surface area contributed by atoms with E-state index in [2.05, 4.69) is 0 Å².